The van der Waals surface area contributed by atoms with Gasteiger partial charge in [0, 0.05) is 10.3 Å². The van der Waals surface area contributed by atoms with Gasteiger partial charge in [-0.3, -0.25) is 10.2 Å². The summed E-state index contributed by atoms with van der Waals surface area (Å²) in [6.07, 6.45) is 1.47. The van der Waals surface area contributed by atoms with E-state index in [-0.39, 0.29) is 5.78 Å². The van der Waals surface area contributed by atoms with Crippen LogP contribution < -0.4 is 5.43 Å². The first-order valence-electron chi connectivity index (χ1n) is 10.4. The molecule has 0 aliphatic carbocycles. The predicted octanol–water partition coefficient (Wildman–Crippen LogP) is 6.10. The van der Waals surface area contributed by atoms with Crippen molar-refractivity contribution >= 4 is 50.7 Å². The fourth-order valence-electron chi connectivity index (χ4n) is 3.27. The van der Waals surface area contributed by atoms with E-state index in [9.17, 15) is 18.7 Å². The number of aliphatic hydroxyl groups excluding tert-OH is 1. The number of thiophene rings is 2. The number of hydrogen-bond acceptors (Lipinski definition) is 8. The molecule has 3 aromatic heterocycles. The van der Waals surface area contributed by atoms with Crippen LogP contribution in [0.4, 0.5) is 14.6 Å². The molecule has 0 amide bonds. The van der Waals surface area contributed by atoms with Crippen molar-refractivity contribution < 1.29 is 18.7 Å². The molecule has 0 spiro atoms. The number of hydrogen-bond donors (Lipinski definition) is 2. The molecule has 6 nitrogen and oxygen atoms in total. The van der Waals surface area contributed by atoms with Gasteiger partial charge in [-0.05, 0) is 36.8 Å². The van der Waals surface area contributed by atoms with Crippen molar-refractivity contribution in [3.05, 3.63) is 74.1 Å². The molecule has 1 atom stereocenters. The Morgan fingerprint density at radius 3 is 2.56 bits per heavy atom. The van der Waals surface area contributed by atoms with Crippen molar-refractivity contribution in [2.75, 3.05) is 5.43 Å². The van der Waals surface area contributed by atoms with Crippen molar-refractivity contribution in [2.45, 2.75) is 33.8 Å². The molecule has 1 unspecified atom stereocenters. The van der Waals surface area contributed by atoms with Crippen molar-refractivity contribution in [1.82, 2.24) is 9.97 Å². The van der Waals surface area contributed by atoms with E-state index < -0.39 is 28.7 Å². The van der Waals surface area contributed by atoms with Crippen LogP contribution in [0.15, 0.2) is 41.8 Å². The summed E-state index contributed by atoms with van der Waals surface area (Å²) >= 11 is 2.48. The quantitative estimate of drug-likeness (QED) is 0.190. The number of carbonyl (C=O) groups excluding carboxylic acids is 1. The van der Waals surface area contributed by atoms with Gasteiger partial charge >= 0.3 is 0 Å². The number of carbonyl (C=O) groups is 1. The first-order chi connectivity index (χ1) is 16.1. The number of fused-ring (bicyclic) bond motifs is 1. The highest BCUT2D eigenvalue weighted by molar-refractivity contribution is 7.18. The molecule has 0 aliphatic heterocycles. The Balaban J connectivity index is 1.58. The average molecular weight is 501 g/mol. The fraction of sp³-hybridized carbons (Fsp3) is 0.250. The second kappa shape index (κ2) is 9.28. The third-order valence-electron chi connectivity index (χ3n) is 5.10. The smallest absolute Gasteiger partial charge is 0.178 e. The monoisotopic (exact) mass is 500 g/mol. The topological polar surface area (TPSA) is 87.5 Å². The van der Waals surface area contributed by atoms with Gasteiger partial charge in [0.25, 0.3) is 0 Å². The minimum atomic E-state index is -1.48. The van der Waals surface area contributed by atoms with Gasteiger partial charge < -0.3 is 5.11 Å². The van der Waals surface area contributed by atoms with Crippen molar-refractivity contribution in [3.8, 4) is 0 Å². The molecule has 4 rings (SSSR count). The summed E-state index contributed by atoms with van der Waals surface area (Å²) < 4.78 is 28.2. The normalized spacial score (nSPS) is 13.0. The molecule has 2 N–H and O–H groups in total. The van der Waals surface area contributed by atoms with E-state index >= 15 is 0 Å². The number of ketones is 1. The van der Waals surface area contributed by atoms with Gasteiger partial charge in [-0.15, -0.1) is 22.7 Å². The summed E-state index contributed by atoms with van der Waals surface area (Å²) in [5, 5.41) is 15.4. The molecule has 4 aromatic rings. The van der Waals surface area contributed by atoms with Gasteiger partial charge in [0.05, 0.1) is 26.9 Å². The summed E-state index contributed by atoms with van der Waals surface area (Å²) in [5.41, 5.74) is 2.92. The van der Waals surface area contributed by atoms with Gasteiger partial charge in [-0.2, -0.15) is 5.10 Å². The lowest BCUT2D eigenvalue weighted by molar-refractivity contribution is 0.0862. The Morgan fingerprint density at radius 2 is 1.88 bits per heavy atom. The highest BCUT2D eigenvalue weighted by atomic mass is 32.1. The number of nitrogens with one attached hydrogen (secondary N) is 1. The molecule has 3 heterocycles. The third-order valence-corrected chi connectivity index (χ3v) is 7.37. The summed E-state index contributed by atoms with van der Waals surface area (Å²) in [4.78, 5) is 23.3. The molecule has 0 radical (unpaired) electrons. The van der Waals surface area contributed by atoms with Crippen LogP contribution in [0.1, 0.15) is 57.4 Å². The largest absolute Gasteiger partial charge is 0.383 e. The van der Waals surface area contributed by atoms with Gasteiger partial charge in [0.2, 0.25) is 0 Å². The number of aliphatic hydroxyl groups is 1. The zero-order valence-electron chi connectivity index (χ0n) is 18.9. The summed E-state index contributed by atoms with van der Waals surface area (Å²) in [6.45, 7) is 7.56. The Kier molecular flexibility index (Phi) is 6.57. The summed E-state index contributed by atoms with van der Waals surface area (Å²) in [6, 6.07) is 6.89. The Labute approximate surface area is 203 Å². The maximum Gasteiger partial charge on any atom is 0.178 e. The lowest BCUT2D eigenvalue weighted by Crippen LogP contribution is -2.18. The number of benzene rings is 1. The maximum absolute atomic E-state index is 14.1. The van der Waals surface area contributed by atoms with Crippen molar-refractivity contribution in [2.24, 2.45) is 10.5 Å². The van der Waals surface area contributed by atoms with Gasteiger partial charge in [0.1, 0.15) is 28.9 Å². The van der Waals surface area contributed by atoms with Gasteiger partial charge in [0.15, 0.2) is 11.6 Å². The van der Waals surface area contributed by atoms with Crippen LogP contribution in [-0.2, 0) is 0 Å². The second-order valence-corrected chi connectivity index (χ2v) is 10.9. The summed E-state index contributed by atoms with van der Waals surface area (Å²) in [7, 11) is 0. The molecule has 0 bridgehead atoms. The van der Waals surface area contributed by atoms with E-state index in [0.717, 1.165) is 33.9 Å². The molecule has 0 saturated heterocycles. The van der Waals surface area contributed by atoms with Crippen LogP contribution >= 0.6 is 22.7 Å². The van der Waals surface area contributed by atoms with Gasteiger partial charge in [-0.1, -0.05) is 26.8 Å². The van der Waals surface area contributed by atoms with E-state index in [1.54, 1.807) is 12.3 Å². The molecule has 10 heteroatoms. The second-order valence-electron chi connectivity index (χ2n) is 8.73. The Hall–Kier alpha value is -3.08. The van der Waals surface area contributed by atoms with Crippen LogP contribution in [0, 0.1) is 24.0 Å². The summed E-state index contributed by atoms with van der Waals surface area (Å²) in [5.74, 6) is -1.20. The van der Waals surface area contributed by atoms with Crippen LogP contribution in [-0.4, -0.2) is 27.1 Å². The zero-order chi connectivity index (χ0) is 24.6. The number of hydrazone groups is 1. The van der Waals surface area contributed by atoms with E-state index in [0.29, 0.717) is 25.8 Å². The highest BCUT2D eigenvalue weighted by Crippen LogP contribution is 2.36. The molecule has 0 saturated carbocycles. The first kappa shape index (κ1) is 24.1. The standard InChI is InChI=1S/C24H22F2N4O2S2/c1-12-8-17(21(32)24(2,3)4)33-18(12)10-29-30-22-13-9-16(34-23(13)28-11-27-22)20(31)19-14(25)6-5-7-15(19)26/h5-11,20,31H,1-4H3,(H,27,28,30). The van der Waals surface area contributed by atoms with Crippen molar-refractivity contribution in [3.63, 3.8) is 0 Å². The van der Waals surface area contributed by atoms with E-state index in [1.807, 2.05) is 33.8 Å². The molecule has 34 heavy (non-hydrogen) atoms. The maximum atomic E-state index is 14.1. The van der Waals surface area contributed by atoms with Crippen LogP contribution in [0.2, 0.25) is 0 Å². The number of nitrogens with zero attached hydrogens (tertiary/aromatic N) is 3. The molecule has 0 fully saturated rings. The minimum absolute atomic E-state index is 0.0707. The number of anilines is 1. The number of aromatic nitrogens is 2. The van der Waals surface area contributed by atoms with E-state index in [2.05, 4.69) is 20.5 Å². The zero-order valence-corrected chi connectivity index (χ0v) is 20.5. The van der Waals surface area contributed by atoms with Crippen LogP contribution in [0.5, 0.6) is 0 Å². The van der Waals surface area contributed by atoms with Crippen LogP contribution in [0.3, 0.4) is 0 Å². The van der Waals surface area contributed by atoms with E-state index in [4.69, 9.17) is 0 Å². The molecule has 176 valence electrons. The lowest BCUT2D eigenvalue weighted by Gasteiger charge is -2.14. The fourth-order valence-corrected chi connectivity index (χ4v) is 5.46. The highest BCUT2D eigenvalue weighted by Gasteiger charge is 2.25. The molecular formula is C24H22F2N4O2S2. The number of rotatable bonds is 6. The number of aryl methyl sites for hydroxylation is 1. The first-order valence-corrected chi connectivity index (χ1v) is 12.0. The number of halogens is 2. The van der Waals surface area contributed by atoms with Crippen molar-refractivity contribution in [1.29, 1.82) is 0 Å². The van der Waals surface area contributed by atoms with E-state index in [1.165, 1.54) is 23.7 Å². The molecule has 0 aliphatic rings. The predicted molar refractivity (Wildman–Crippen MR) is 132 cm³/mol. The third kappa shape index (κ3) is 4.75. The Morgan fingerprint density at radius 1 is 1.18 bits per heavy atom. The Bertz CT molecular complexity index is 1390. The minimum Gasteiger partial charge on any atom is -0.383 e. The lowest BCUT2D eigenvalue weighted by atomic mass is 9.90. The average Bonchev–Trinajstić information content (AvgIpc) is 3.36. The molecular weight excluding hydrogens is 478 g/mol. The number of Topliss-reactive ketones (excluding diaryl/α,β-unsaturated/α-hetero) is 1. The SMILES string of the molecule is Cc1cc(C(=O)C(C)(C)C)sc1C=NNc1ncnc2sc(C(O)c3c(F)cccc3F)cc12. The van der Waals surface area contributed by atoms with Crippen LogP contribution in [0.25, 0.3) is 10.2 Å². The molecule has 1 aromatic carbocycles. The van der Waals surface area contributed by atoms with Gasteiger partial charge in [-0.25, -0.2) is 18.7 Å².